The Morgan fingerprint density at radius 2 is 1.94 bits per heavy atom. The standard InChI is InChI=1S/C12H18F3N3/c1-11(2,3)18-10-6-8(4-5-17-10)9(16)7-12(13,14)15/h4-6,9H,7,16H2,1-3H3,(H,17,18). The zero-order valence-corrected chi connectivity index (χ0v) is 10.7. The minimum Gasteiger partial charge on any atom is -0.365 e. The van der Waals surface area contributed by atoms with Gasteiger partial charge in [0.2, 0.25) is 0 Å². The third-order valence-corrected chi connectivity index (χ3v) is 2.17. The smallest absolute Gasteiger partial charge is 0.365 e. The van der Waals surface area contributed by atoms with E-state index in [1.54, 1.807) is 6.07 Å². The van der Waals surface area contributed by atoms with Gasteiger partial charge < -0.3 is 11.1 Å². The second kappa shape index (κ2) is 5.14. The molecular formula is C12H18F3N3. The molecule has 0 saturated carbocycles. The number of nitrogens with two attached hydrogens (primary N) is 1. The number of nitrogens with zero attached hydrogens (tertiary/aromatic N) is 1. The summed E-state index contributed by atoms with van der Waals surface area (Å²) >= 11 is 0. The van der Waals surface area contributed by atoms with E-state index in [4.69, 9.17) is 5.73 Å². The van der Waals surface area contributed by atoms with Crippen molar-refractivity contribution in [1.29, 1.82) is 0 Å². The molecule has 3 nitrogen and oxygen atoms in total. The van der Waals surface area contributed by atoms with E-state index in [9.17, 15) is 13.2 Å². The molecule has 0 bridgehead atoms. The topological polar surface area (TPSA) is 50.9 Å². The lowest BCUT2D eigenvalue weighted by Gasteiger charge is -2.22. The summed E-state index contributed by atoms with van der Waals surface area (Å²) in [6.45, 7) is 5.82. The lowest BCUT2D eigenvalue weighted by molar-refractivity contribution is -0.138. The minimum atomic E-state index is -4.26. The normalized spacial score (nSPS) is 14.4. The predicted molar refractivity (Wildman–Crippen MR) is 65.2 cm³/mol. The van der Waals surface area contributed by atoms with Gasteiger partial charge in [0.25, 0.3) is 0 Å². The molecule has 0 aliphatic carbocycles. The average Bonchev–Trinajstić information content (AvgIpc) is 2.12. The molecule has 0 aliphatic rings. The first-order valence-corrected chi connectivity index (χ1v) is 5.63. The van der Waals surface area contributed by atoms with Gasteiger partial charge in [-0.2, -0.15) is 13.2 Å². The molecule has 0 spiro atoms. The lowest BCUT2D eigenvalue weighted by Crippen LogP contribution is -2.27. The number of hydrogen-bond donors (Lipinski definition) is 2. The Labute approximate surface area is 105 Å². The van der Waals surface area contributed by atoms with E-state index in [2.05, 4.69) is 10.3 Å². The fourth-order valence-electron chi connectivity index (χ4n) is 1.50. The molecule has 0 fully saturated rings. The molecule has 0 aliphatic heterocycles. The molecule has 3 N–H and O–H groups in total. The summed E-state index contributed by atoms with van der Waals surface area (Å²) in [6, 6.07) is 2.00. The Hall–Kier alpha value is -1.30. The first-order valence-electron chi connectivity index (χ1n) is 5.63. The van der Waals surface area contributed by atoms with E-state index in [-0.39, 0.29) is 5.54 Å². The van der Waals surface area contributed by atoms with E-state index in [0.717, 1.165) is 0 Å². The van der Waals surface area contributed by atoms with Gasteiger partial charge in [-0.15, -0.1) is 0 Å². The van der Waals surface area contributed by atoms with Crippen LogP contribution in [0.1, 0.15) is 38.8 Å². The van der Waals surface area contributed by atoms with Crippen LogP contribution in [-0.2, 0) is 0 Å². The first kappa shape index (κ1) is 14.8. The Morgan fingerprint density at radius 3 is 2.44 bits per heavy atom. The number of aromatic nitrogens is 1. The zero-order valence-electron chi connectivity index (χ0n) is 10.7. The van der Waals surface area contributed by atoms with Gasteiger partial charge in [0.15, 0.2) is 0 Å². The third kappa shape index (κ3) is 5.35. The fourth-order valence-corrected chi connectivity index (χ4v) is 1.50. The number of hydrogen-bond acceptors (Lipinski definition) is 3. The van der Waals surface area contributed by atoms with Crippen LogP contribution in [0.5, 0.6) is 0 Å². The zero-order chi connectivity index (χ0) is 14.0. The average molecular weight is 261 g/mol. The van der Waals surface area contributed by atoms with Crippen molar-refractivity contribution in [2.75, 3.05) is 5.32 Å². The molecule has 0 saturated heterocycles. The molecular weight excluding hydrogens is 243 g/mol. The van der Waals surface area contributed by atoms with Crippen molar-refractivity contribution in [3.8, 4) is 0 Å². The van der Waals surface area contributed by atoms with Crippen LogP contribution in [0.2, 0.25) is 0 Å². The minimum absolute atomic E-state index is 0.209. The van der Waals surface area contributed by atoms with Gasteiger partial charge in [0.1, 0.15) is 5.82 Å². The summed E-state index contributed by atoms with van der Waals surface area (Å²) in [6.07, 6.45) is -3.84. The van der Waals surface area contributed by atoms with Gasteiger partial charge in [-0.1, -0.05) is 0 Å². The quantitative estimate of drug-likeness (QED) is 0.878. The van der Waals surface area contributed by atoms with Crippen molar-refractivity contribution in [2.24, 2.45) is 5.73 Å². The van der Waals surface area contributed by atoms with Crippen LogP contribution in [0, 0.1) is 0 Å². The highest BCUT2D eigenvalue weighted by atomic mass is 19.4. The van der Waals surface area contributed by atoms with Crippen LogP contribution in [0.4, 0.5) is 19.0 Å². The van der Waals surface area contributed by atoms with Crippen LogP contribution in [0.15, 0.2) is 18.3 Å². The fraction of sp³-hybridized carbons (Fsp3) is 0.583. The third-order valence-electron chi connectivity index (χ3n) is 2.17. The van der Waals surface area contributed by atoms with Gasteiger partial charge in [-0.25, -0.2) is 4.98 Å². The molecule has 1 rings (SSSR count). The molecule has 0 aromatic carbocycles. The van der Waals surface area contributed by atoms with Gasteiger partial charge >= 0.3 is 6.18 Å². The van der Waals surface area contributed by atoms with Crippen LogP contribution < -0.4 is 11.1 Å². The maximum absolute atomic E-state index is 12.3. The van der Waals surface area contributed by atoms with E-state index >= 15 is 0 Å². The largest absolute Gasteiger partial charge is 0.390 e. The molecule has 102 valence electrons. The number of anilines is 1. The molecule has 1 heterocycles. The van der Waals surface area contributed by atoms with Crippen LogP contribution in [-0.4, -0.2) is 16.7 Å². The Bertz CT molecular complexity index is 396. The number of halogens is 3. The van der Waals surface area contributed by atoms with Crippen LogP contribution in [0.3, 0.4) is 0 Å². The lowest BCUT2D eigenvalue weighted by atomic mass is 10.0. The Kier molecular flexibility index (Phi) is 4.21. The molecule has 1 aromatic rings. The number of rotatable bonds is 3. The second-order valence-corrected chi connectivity index (χ2v) is 5.28. The van der Waals surface area contributed by atoms with Crippen LogP contribution in [0.25, 0.3) is 0 Å². The summed E-state index contributed by atoms with van der Waals surface area (Å²) in [4.78, 5) is 4.06. The summed E-state index contributed by atoms with van der Waals surface area (Å²) in [5.74, 6) is 0.526. The highest BCUT2D eigenvalue weighted by molar-refractivity contribution is 5.40. The van der Waals surface area contributed by atoms with Crippen molar-refractivity contribution in [3.05, 3.63) is 23.9 Å². The maximum Gasteiger partial charge on any atom is 0.390 e. The van der Waals surface area contributed by atoms with E-state index in [1.807, 2.05) is 20.8 Å². The van der Waals surface area contributed by atoms with Gasteiger partial charge in [-0.3, -0.25) is 0 Å². The van der Waals surface area contributed by atoms with E-state index < -0.39 is 18.6 Å². The van der Waals surface area contributed by atoms with Gasteiger partial charge in [0.05, 0.1) is 6.42 Å². The number of alkyl halides is 3. The Morgan fingerprint density at radius 1 is 1.33 bits per heavy atom. The molecule has 1 aromatic heterocycles. The monoisotopic (exact) mass is 261 g/mol. The van der Waals surface area contributed by atoms with Gasteiger partial charge in [0, 0.05) is 17.8 Å². The molecule has 0 amide bonds. The molecule has 1 unspecified atom stereocenters. The summed E-state index contributed by atoms with van der Waals surface area (Å²) in [5.41, 5.74) is 5.75. The summed E-state index contributed by atoms with van der Waals surface area (Å²) in [7, 11) is 0. The van der Waals surface area contributed by atoms with Crippen molar-refractivity contribution >= 4 is 5.82 Å². The highest BCUT2D eigenvalue weighted by Crippen LogP contribution is 2.28. The molecule has 1 atom stereocenters. The van der Waals surface area contributed by atoms with Crippen molar-refractivity contribution in [1.82, 2.24) is 4.98 Å². The van der Waals surface area contributed by atoms with E-state index in [0.29, 0.717) is 11.4 Å². The maximum atomic E-state index is 12.3. The highest BCUT2D eigenvalue weighted by Gasteiger charge is 2.31. The van der Waals surface area contributed by atoms with Gasteiger partial charge in [-0.05, 0) is 38.5 Å². The molecule has 18 heavy (non-hydrogen) atoms. The SMILES string of the molecule is CC(C)(C)Nc1cc(C(N)CC(F)(F)F)ccn1. The van der Waals surface area contributed by atoms with Crippen molar-refractivity contribution < 1.29 is 13.2 Å². The number of nitrogens with one attached hydrogen (secondary N) is 1. The molecule has 0 radical (unpaired) electrons. The Balaban J connectivity index is 2.82. The summed E-state index contributed by atoms with van der Waals surface area (Å²) < 4.78 is 36.8. The molecule has 6 heteroatoms. The van der Waals surface area contributed by atoms with Crippen molar-refractivity contribution in [2.45, 2.75) is 44.9 Å². The first-order chi connectivity index (χ1) is 8.07. The number of pyridine rings is 1. The predicted octanol–water partition coefficient (Wildman–Crippen LogP) is 3.24. The second-order valence-electron chi connectivity index (χ2n) is 5.28. The van der Waals surface area contributed by atoms with Crippen molar-refractivity contribution in [3.63, 3.8) is 0 Å². The summed E-state index contributed by atoms with van der Waals surface area (Å²) in [5, 5.41) is 3.09. The van der Waals surface area contributed by atoms with Crippen LogP contribution >= 0.6 is 0 Å². The van der Waals surface area contributed by atoms with E-state index in [1.165, 1.54) is 12.3 Å².